The Morgan fingerprint density at radius 3 is 2.67 bits per heavy atom. The lowest BCUT2D eigenvalue weighted by Gasteiger charge is -2.32. The zero-order chi connectivity index (χ0) is 8.55. The van der Waals surface area contributed by atoms with Gasteiger partial charge in [0, 0.05) is 19.0 Å². The minimum atomic E-state index is 0.635. The molecule has 1 heterocycles. The summed E-state index contributed by atoms with van der Waals surface area (Å²) in [5.41, 5.74) is 0. The highest BCUT2D eigenvalue weighted by atomic mass is 15.2. The lowest BCUT2D eigenvalue weighted by molar-refractivity contribution is 0.266. The predicted octanol–water partition coefficient (Wildman–Crippen LogP) is 2.11. The molecule has 1 saturated carbocycles. The molecule has 1 aliphatic carbocycles. The van der Waals surface area contributed by atoms with Crippen LogP contribution in [0.15, 0.2) is 0 Å². The number of amidine groups is 1. The van der Waals surface area contributed by atoms with E-state index < -0.39 is 0 Å². The highest BCUT2D eigenvalue weighted by Gasteiger charge is 2.31. The van der Waals surface area contributed by atoms with Gasteiger partial charge >= 0.3 is 0 Å². The number of rotatable bonds is 1. The predicted molar refractivity (Wildman–Crippen MR) is 50.4 cm³/mol. The molecule has 0 aromatic carbocycles. The van der Waals surface area contributed by atoms with Gasteiger partial charge in [0.2, 0.25) is 0 Å². The van der Waals surface area contributed by atoms with Crippen molar-refractivity contribution in [1.82, 2.24) is 4.90 Å². The van der Waals surface area contributed by atoms with Gasteiger partial charge in [0.25, 0.3) is 0 Å². The average molecular weight is 166 g/mol. The molecule has 0 aromatic rings. The minimum Gasteiger partial charge on any atom is -0.360 e. The number of likely N-dealkylation sites (tertiary alicyclic amines) is 1. The first kappa shape index (κ1) is 8.09. The smallest absolute Gasteiger partial charge is 0.0989 e. The lowest BCUT2D eigenvalue weighted by atomic mass is 10.00. The summed E-state index contributed by atoms with van der Waals surface area (Å²) in [6.07, 6.45) is 5.18. The third-order valence-electron chi connectivity index (χ3n) is 2.96. The van der Waals surface area contributed by atoms with Crippen LogP contribution in [-0.2, 0) is 0 Å². The molecule has 2 rings (SSSR count). The van der Waals surface area contributed by atoms with Crippen LogP contribution in [0.2, 0.25) is 0 Å². The van der Waals surface area contributed by atoms with Gasteiger partial charge in [0.1, 0.15) is 0 Å². The minimum absolute atomic E-state index is 0.635. The molecule has 0 aromatic heterocycles. The van der Waals surface area contributed by atoms with Crippen LogP contribution in [0.4, 0.5) is 0 Å². The number of nitrogens with one attached hydrogen (secondary N) is 1. The molecular formula is C10H18N2. The molecule has 1 aliphatic heterocycles. The Morgan fingerprint density at radius 1 is 1.33 bits per heavy atom. The van der Waals surface area contributed by atoms with Crippen molar-refractivity contribution in [2.45, 2.75) is 32.6 Å². The Balaban J connectivity index is 1.89. The monoisotopic (exact) mass is 166 g/mol. The highest BCUT2D eigenvalue weighted by Crippen LogP contribution is 2.32. The summed E-state index contributed by atoms with van der Waals surface area (Å²) >= 11 is 0. The van der Waals surface area contributed by atoms with E-state index in [1.807, 2.05) is 0 Å². The van der Waals surface area contributed by atoms with Crippen LogP contribution in [0.1, 0.15) is 32.6 Å². The van der Waals surface area contributed by atoms with Gasteiger partial charge in [-0.15, -0.1) is 0 Å². The zero-order valence-electron chi connectivity index (χ0n) is 7.84. The molecule has 0 radical (unpaired) electrons. The SMILES string of the molecule is CC1CCCN(C(=N)C2CC2)C1. The Hall–Kier alpha value is -0.530. The maximum Gasteiger partial charge on any atom is 0.0989 e. The Morgan fingerprint density at radius 2 is 2.08 bits per heavy atom. The number of nitrogens with zero attached hydrogens (tertiary/aromatic N) is 1. The third-order valence-corrected chi connectivity index (χ3v) is 2.96. The van der Waals surface area contributed by atoms with Gasteiger partial charge in [-0.2, -0.15) is 0 Å². The Labute approximate surface area is 74.5 Å². The molecule has 0 amide bonds. The van der Waals surface area contributed by atoms with Crippen LogP contribution in [-0.4, -0.2) is 23.8 Å². The molecule has 0 spiro atoms. The first-order valence-corrected chi connectivity index (χ1v) is 5.11. The summed E-state index contributed by atoms with van der Waals surface area (Å²) < 4.78 is 0. The summed E-state index contributed by atoms with van der Waals surface area (Å²) in [6, 6.07) is 0. The van der Waals surface area contributed by atoms with Crippen LogP contribution >= 0.6 is 0 Å². The molecule has 2 nitrogen and oxygen atoms in total. The molecular weight excluding hydrogens is 148 g/mol. The van der Waals surface area contributed by atoms with E-state index in [-0.39, 0.29) is 0 Å². The normalized spacial score (nSPS) is 30.4. The van der Waals surface area contributed by atoms with Crippen LogP contribution < -0.4 is 0 Å². The molecule has 1 unspecified atom stereocenters. The fourth-order valence-electron chi connectivity index (χ4n) is 2.02. The first-order valence-electron chi connectivity index (χ1n) is 5.11. The zero-order valence-corrected chi connectivity index (χ0v) is 7.84. The van der Waals surface area contributed by atoms with Crippen molar-refractivity contribution in [2.75, 3.05) is 13.1 Å². The molecule has 1 atom stereocenters. The van der Waals surface area contributed by atoms with Crippen molar-refractivity contribution in [3.63, 3.8) is 0 Å². The molecule has 1 saturated heterocycles. The van der Waals surface area contributed by atoms with Gasteiger partial charge in [-0.3, -0.25) is 5.41 Å². The van der Waals surface area contributed by atoms with Crippen molar-refractivity contribution in [3.8, 4) is 0 Å². The van der Waals surface area contributed by atoms with Crippen molar-refractivity contribution in [1.29, 1.82) is 5.41 Å². The van der Waals surface area contributed by atoms with E-state index in [1.54, 1.807) is 0 Å². The van der Waals surface area contributed by atoms with E-state index in [0.717, 1.165) is 24.8 Å². The van der Waals surface area contributed by atoms with Crippen molar-refractivity contribution in [2.24, 2.45) is 11.8 Å². The van der Waals surface area contributed by atoms with Crippen LogP contribution in [0.25, 0.3) is 0 Å². The van der Waals surface area contributed by atoms with Crippen LogP contribution in [0.5, 0.6) is 0 Å². The molecule has 0 bridgehead atoms. The van der Waals surface area contributed by atoms with Gasteiger partial charge < -0.3 is 4.90 Å². The summed E-state index contributed by atoms with van der Waals surface area (Å²) in [5, 5.41) is 7.92. The molecule has 2 aliphatic rings. The fraction of sp³-hybridized carbons (Fsp3) is 0.900. The van der Waals surface area contributed by atoms with Crippen LogP contribution in [0.3, 0.4) is 0 Å². The standard InChI is InChI=1S/C10H18N2/c1-8-3-2-6-12(7-8)10(11)9-4-5-9/h8-9,11H,2-7H2,1H3. The lowest BCUT2D eigenvalue weighted by Crippen LogP contribution is -2.39. The van der Waals surface area contributed by atoms with Gasteiger partial charge in [-0.05, 0) is 31.6 Å². The summed E-state index contributed by atoms with van der Waals surface area (Å²) in [6.45, 7) is 4.57. The summed E-state index contributed by atoms with van der Waals surface area (Å²) in [4.78, 5) is 2.30. The van der Waals surface area contributed by atoms with E-state index in [1.165, 1.54) is 25.7 Å². The second-order valence-electron chi connectivity index (χ2n) is 4.35. The second-order valence-corrected chi connectivity index (χ2v) is 4.35. The van der Waals surface area contributed by atoms with Crippen LogP contribution in [0, 0.1) is 17.2 Å². The van der Waals surface area contributed by atoms with Gasteiger partial charge in [0.15, 0.2) is 0 Å². The largest absolute Gasteiger partial charge is 0.360 e. The van der Waals surface area contributed by atoms with Crippen molar-refractivity contribution < 1.29 is 0 Å². The number of hydrogen-bond donors (Lipinski definition) is 1. The topological polar surface area (TPSA) is 27.1 Å². The first-order chi connectivity index (χ1) is 5.77. The van der Waals surface area contributed by atoms with Gasteiger partial charge in [0.05, 0.1) is 5.84 Å². The highest BCUT2D eigenvalue weighted by molar-refractivity contribution is 5.83. The summed E-state index contributed by atoms with van der Waals surface area (Å²) in [5.74, 6) is 2.37. The number of hydrogen-bond acceptors (Lipinski definition) is 1. The molecule has 12 heavy (non-hydrogen) atoms. The van der Waals surface area contributed by atoms with Gasteiger partial charge in [-0.1, -0.05) is 6.92 Å². The second kappa shape index (κ2) is 3.08. The Bertz CT molecular complexity index is 184. The van der Waals surface area contributed by atoms with E-state index in [4.69, 9.17) is 5.41 Å². The average Bonchev–Trinajstić information content (AvgIpc) is 2.85. The fourth-order valence-corrected chi connectivity index (χ4v) is 2.02. The van der Waals surface area contributed by atoms with E-state index in [2.05, 4.69) is 11.8 Å². The van der Waals surface area contributed by atoms with Crippen molar-refractivity contribution in [3.05, 3.63) is 0 Å². The van der Waals surface area contributed by atoms with Crippen molar-refractivity contribution >= 4 is 5.84 Å². The van der Waals surface area contributed by atoms with E-state index >= 15 is 0 Å². The van der Waals surface area contributed by atoms with Gasteiger partial charge in [-0.25, -0.2) is 0 Å². The number of piperidine rings is 1. The summed E-state index contributed by atoms with van der Waals surface area (Å²) in [7, 11) is 0. The maximum atomic E-state index is 7.92. The Kier molecular flexibility index (Phi) is 2.07. The van der Waals surface area contributed by atoms with E-state index in [0.29, 0.717) is 5.92 Å². The molecule has 2 fully saturated rings. The third kappa shape index (κ3) is 1.62. The molecule has 68 valence electrons. The maximum absolute atomic E-state index is 7.92. The molecule has 2 heteroatoms. The van der Waals surface area contributed by atoms with E-state index in [9.17, 15) is 0 Å². The quantitative estimate of drug-likeness (QED) is 0.469. The molecule has 1 N–H and O–H groups in total.